The van der Waals surface area contributed by atoms with Crippen molar-refractivity contribution in [2.24, 2.45) is 0 Å². The van der Waals surface area contributed by atoms with Crippen molar-refractivity contribution in [2.45, 2.75) is 33.1 Å². The molecule has 0 radical (unpaired) electrons. The van der Waals surface area contributed by atoms with Crippen LogP contribution in [0.15, 0.2) is 97.1 Å². The molecule has 0 bridgehead atoms. The number of hydrogen-bond acceptors (Lipinski definition) is 2. The van der Waals surface area contributed by atoms with Gasteiger partial charge in [0, 0.05) is 29.9 Å². The van der Waals surface area contributed by atoms with Crippen LogP contribution in [0, 0.1) is 13.8 Å². The Bertz CT molecular complexity index is 1820. The topological polar surface area (TPSA) is 0 Å². The van der Waals surface area contributed by atoms with E-state index in [4.69, 9.17) is 0 Å². The highest BCUT2D eigenvalue weighted by Gasteiger charge is 2.25. The van der Waals surface area contributed by atoms with Crippen molar-refractivity contribution in [1.29, 1.82) is 0 Å². The highest BCUT2D eigenvalue weighted by atomic mass is 32.1. The van der Waals surface area contributed by atoms with Gasteiger partial charge in [-0.05, 0) is 89.8 Å². The molecular weight excluding hydrogens is 533 g/mol. The van der Waals surface area contributed by atoms with Gasteiger partial charge in [0.05, 0.1) is 0 Å². The zero-order valence-corrected chi connectivity index (χ0v) is 25.1. The molecule has 6 aromatic rings. The second kappa shape index (κ2) is 11.1. The van der Waals surface area contributed by atoms with Crippen LogP contribution in [0.1, 0.15) is 62.4 Å². The van der Waals surface area contributed by atoms with Crippen molar-refractivity contribution in [2.75, 3.05) is 0 Å². The van der Waals surface area contributed by atoms with Gasteiger partial charge in [0.1, 0.15) is 0 Å². The molecule has 0 unspecified atom stereocenters. The van der Waals surface area contributed by atoms with Crippen molar-refractivity contribution < 1.29 is 0 Å². The second-order valence-electron chi connectivity index (χ2n) is 10.9. The summed E-state index contributed by atoms with van der Waals surface area (Å²) < 4.78 is 2.77. The monoisotopic (exact) mass is 564 g/mol. The molecular formula is C39H32S2. The Morgan fingerprint density at radius 1 is 0.488 bits per heavy atom. The minimum absolute atomic E-state index is 1.16. The van der Waals surface area contributed by atoms with Crippen molar-refractivity contribution in [3.63, 3.8) is 0 Å². The molecule has 0 fully saturated rings. The average molecular weight is 565 g/mol. The van der Waals surface area contributed by atoms with E-state index in [1.807, 2.05) is 22.7 Å². The zero-order valence-electron chi connectivity index (χ0n) is 23.5. The lowest BCUT2D eigenvalue weighted by Crippen LogP contribution is -1.89. The number of benzene rings is 4. The van der Waals surface area contributed by atoms with Gasteiger partial charge in [0.2, 0.25) is 0 Å². The van der Waals surface area contributed by atoms with Crippen LogP contribution >= 0.6 is 22.7 Å². The Balaban J connectivity index is 1.26. The average Bonchev–Trinajstić information content (AvgIpc) is 3.68. The summed E-state index contributed by atoms with van der Waals surface area (Å²) in [5.74, 6) is 0. The Labute approximate surface area is 250 Å². The van der Waals surface area contributed by atoms with Crippen molar-refractivity contribution in [3.8, 4) is 0 Å². The SMILES string of the molecule is Cc1sc2cc(C=Cc3ccccc3)ccc2c1C1=C(c2c(C)sc3cc(C=Cc4ccccc4)ccc23)CCC1. The fraction of sp³-hybridized carbons (Fsp3) is 0.128. The van der Waals surface area contributed by atoms with Crippen LogP contribution in [0.3, 0.4) is 0 Å². The van der Waals surface area contributed by atoms with Gasteiger partial charge in [-0.2, -0.15) is 0 Å². The van der Waals surface area contributed by atoms with E-state index in [0.717, 1.165) is 12.8 Å². The van der Waals surface area contributed by atoms with E-state index in [0.29, 0.717) is 0 Å². The second-order valence-corrected chi connectivity index (χ2v) is 13.4. The molecule has 0 atom stereocenters. The normalized spacial score (nSPS) is 14.0. The lowest BCUT2D eigenvalue weighted by molar-refractivity contribution is 0.942. The van der Waals surface area contributed by atoms with Gasteiger partial charge in [0.25, 0.3) is 0 Å². The van der Waals surface area contributed by atoms with Crippen LogP contribution < -0.4 is 0 Å². The van der Waals surface area contributed by atoms with E-state index in [2.05, 4.69) is 135 Å². The highest BCUT2D eigenvalue weighted by molar-refractivity contribution is 7.19. The highest BCUT2D eigenvalue weighted by Crippen LogP contribution is 2.49. The molecule has 0 saturated carbocycles. The third kappa shape index (κ3) is 5.14. The van der Waals surface area contributed by atoms with E-state index >= 15 is 0 Å². The lowest BCUT2D eigenvalue weighted by atomic mass is 9.93. The maximum Gasteiger partial charge on any atom is 0.0357 e. The molecule has 0 amide bonds. The Morgan fingerprint density at radius 2 is 0.902 bits per heavy atom. The molecule has 7 rings (SSSR count). The van der Waals surface area contributed by atoms with Gasteiger partial charge in [-0.15, -0.1) is 22.7 Å². The Hall–Kier alpha value is -3.98. The zero-order chi connectivity index (χ0) is 27.8. The number of aryl methyl sites for hydroxylation is 2. The van der Waals surface area contributed by atoms with Gasteiger partial charge in [0.15, 0.2) is 0 Å². The molecule has 0 spiro atoms. The summed E-state index contributed by atoms with van der Waals surface area (Å²) in [4.78, 5) is 2.87. The smallest absolute Gasteiger partial charge is 0.0357 e. The number of allylic oxidation sites excluding steroid dienone is 2. The molecule has 0 nitrogen and oxygen atoms in total. The van der Waals surface area contributed by atoms with Crippen LogP contribution in [0.2, 0.25) is 0 Å². The van der Waals surface area contributed by atoms with E-state index in [-0.39, 0.29) is 0 Å². The van der Waals surface area contributed by atoms with E-state index < -0.39 is 0 Å². The summed E-state index contributed by atoms with van der Waals surface area (Å²) in [7, 11) is 0. The third-order valence-electron chi connectivity index (χ3n) is 8.14. The quantitative estimate of drug-likeness (QED) is 0.177. The maximum absolute atomic E-state index is 2.36. The molecule has 0 saturated heterocycles. The maximum atomic E-state index is 2.36. The molecule has 0 N–H and O–H groups in total. The lowest BCUT2D eigenvalue weighted by Gasteiger charge is -2.10. The largest absolute Gasteiger partial charge is 0.140 e. The van der Waals surface area contributed by atoms with E-state index in [1.165, 1.54) is 69.7 Å². The summed E-state index contributed by atoms with van der Waals surface area (Å²) in [6, 6.07) is 35.1. The predicted octanol–water partition coefficient (Wildman–Crippen LogP) is 12.2. The summed E-state index contributed by atoms with van der Waals surface area (Å²) >= 11 is 3.88. The molecule has 200 valence electrons. The third-order valence-corrected chi connectivity index (χ3v) is 10.3. The summed E-state index contributed by atoms with van der Waals surface area (Å²) in [5.41, 5.74) is 11.1. The number of thiophene rings is 2. The van der Waals surface area contributed by atoms with Crippen molar-refractivity contribution >= 4 is 78.3 Å². The number of rotatable bonds is 6. The van der Waals surface area contributed by atoms with Gasteiger partial charge in [-0.3, -0.25) is 0 Å². The van der Waals surface area contributed by atoms with Crippen LogP contribution in [0.4, 0.5) is 0 Å². The molecule has 0 aliphatic heterocycles. The standard InChI is InChI=1S/C39H32S2/c1-26-38(34-22-20-30(24-36(34)40-26)18-16-28-10-5-3-6-11-28)32-14-9-15-33(32)39-27(2)41-37-25-31(21-23-35(37)39)19-17-29-12-7-4-8-13-29/h3-8,10-13,16-25H,9,14-15H2,1-2H3. The van der Waals surface area contributed by atoms with Crippen LogP contribution in [0.5, 0.6) is 0 Å². The first-order valence-electron chi connectivity index (χ1n) is 14.4. The van der Waals surface area contributed by atoms with Gasteiger partial charge in [-0.1, -0.05) is 109 Å². The van der Waals surface area contributed by atoms with E-state index in [1.54, 1.807) is 11.1 Å². The fourth-order valence-corrected chi connectivity index (χ4v) is 8.52. The van der Waals surface area contributed by atoms with Gasteiger partial charge >= 0.3 is 0 Å². The molecule has 2 heterocycles. The molecule has 4 aromatic carbocycles. The summed E-state index contributed by atoms with van der Waals surface area (Å²) in [6.45, 7) is 4.62. The van der Waals surface area contributed by atoms with Gasteiger partial charge in [-0.25, -0.2) is 0 Å². The minimum atomic E-state index is 1.16. The number of fused-ring (bicyclic) bond motifs is 2. The minimum Gasteiger partial charge on any atom is -0.140 e. The van der Waals surface area contributed by atoms with Gasteiger partial charge < -0.3 is 0 Å². The summed E-state index contributed by atoms with van der Waals surface area (Å²) in [5, 5.41) is 2.81. The number of hydrogen-bond donors (Lipinski definition) is 0. The first-order valence-corrected chi connectivity index (χ1v) is 16.0. The van der Waals surface area contributed by atoms with Crippen LogP contribution in [-0.4, -0.2) is 0 Å². The fourth-order valence-electron chi connectivity index (χ4n) is 6.24. The Kier molecular flexibility index (Phi) is 7.04. The summed E-state index contributed by atoms with van der Waals surface area (Å²) in [6.07, 6.45) is 12.4. The van der Waals surface area contributed by atoms with Crippen LogP contribution in [-0.2, 0) is 0 Å². The van der Waals surface area contributed by atoms with E-state index in [9.17, 15) is 0 Å². The molecule has 1 aliphatic carbocycles. The molecule has 1 aliphatic rings. The van der Waals surface area contributed by atoms with Crippen molar-refractivity contribution in [3.05, 3.63) is 140 Å². The molecule has 2 aromatic heterocycles. The molecule has 2 heteroatoms. The predicted molar refractivity (Wildman–Crippen MR) is 185 cm³/mol. The molecule has 41 heavy (non-hydrogen) atoms. The van der Waals surface area contributed by atoms with Crippen molar-refractivity contribution in [1.82, 2.24) is 0 Å². The Morgan fingerprint density at radius 3 is 1.34 bits per heavy atom. The van der Waals surface area contributed by atoms with Crippen LogP contribution in [0.25, 0.3) is 55.6 Å². The first-order chi connectivity index (χ1) is 20.1. The first kappa shape index (κ1) is 26.0.